The average molecular weight is 289 g/mol. The zero-order valence-electron chi connectivity index (χ0n) is 13.2. The SMILES string of the molecule is CCOC(=O)C1CCC(NCc2ccc(CC)cc2)CC1. The highest BCUT2D eigenvalue weighted by molar-refractivity contribution is 5.72. The van der Waals surface area contributed by atoms with E-state index in [4.69, 9.17) is 4.74 Å². The van der Waals surface area contributed by atoms with Gasteiger partial charge in [-0.25, -0.2) is 0 Å². The number of nitrogens with one attached hydrogen (secondary N) is 1. The zero-order chi connectivity index (χ0) is 15.1. The first-order valence-electron chi connectivity index (χ1n) is 8.20. The van der Waals surface area contributed by atoms with E-state index >= 15 is 0 Å². The van der Waals surface area contributed by atoms with Crippen molar-refractivity contribution in [2.24, 2.45) is 5.92 Å². The van der Waals surface area contributed by atoms with Gasteiger partial charge in [-0.3, -0.25) is 4.79 Å². The second-order valence-electron chi connectivity index (χ2n) is 5.85. The Labute approximate surface area is 128 Å². The van der Waals surface area contributed by atoms with Crippen LogP contribution in [0.2, 0.25) is 0 Å². The molecule has 0 saturated heterocycles. The van der Waals surface area contributed by atoms with Gasteiger partial charge in [0.25, 0.3) is 0 Å². The third-order valence-corrected chi connectivity index (χ3v) is 4.37. The maximum absolute atomic E-state index is 11.7. The van der Waals surface area contributed by atoms with E-state index in [0.717, 1.165) is 38.6 Å². The molecule has 1 N–H and O–H groups in total. The van der Waals surface area contributed by atoms with Crippen molar-refractivity contribution in [2.75, 3.05) is 6.61 Å². The van der Waals surface area contributed by atoms with Crippen molar-refractivity contribution in [3.63, 3.8) is 0 Å². The first-order chi connectivity index (χ1) is 10.2. The second kappa shape index (κ2) is 8.18. The van der Waals surface area contributed by atoms with Gasteiger partial charge in [-0.05, 0) is 50.2 Å². The van der Waals surface area contributed by atoms with Crippen LogP contribution in [-0.2, 0) is 22.5 Å². The van der Waals surface area contributed by atoms with Gasteiger partial charge in [0.2, 0.25) is 0 Å². The molecular formula is C18H27NO2. The van der Waals surface area contributed by atoms with Gasteiger partial charge in [0.05, 0.1) is 12.5 Å². The molecule has 0 unspecified atom stereocenters. The average Bonchev–Trinajstić information content (AvgIpc) is 2.54. The highest BCUT2D eigenvalue weighted by Gasteiger charge is 2.26. The lowest BCUT2D eigenvalue weighted by molar-refractivity contribution is -0.149. The first-order valence-corrected chi connectivity index (χ1v) is 8.20. The fraction of sp³-hybridized carbons (Fsp3) is 0.611. The Kier molecular flexibility index (Phi) is 6.24. The van der Waals surface area contributed by atoms with E-state index in [9.17, 15) is 4.79 Å². The minimum atomic E-state index is -0.00824. The van der Waals surface area contributed by atoms with Gasteiger partial charge >= 0.3 is 5.97 Å². The summed E-state index contributed by atoms with van der Waals surface area (Å²) in [5.74, 6) is 0.109. The molecule has 0 aliphatic heterocycles. The van der Waals surface area contributed by atoms with Crippen LogP contribution >= 0.6 is 0 Å². The number of benzene rings is 1. The second-order valence-corrected chi connectivity index (χ2v) is 5.85. The van der Waals surface area contributed by atoms with Crippen LogP contribution in [0.5, 0.6) is 0 Å². The van der Waals surface area contributed by atoms with E-state index in [1.165, 1.54) is 11.1 Å². The highest BCUT2D eigenvalue weighted by Crippen LogP contribution is 2.25. The summed E-state index contributed by atoms with van der Waals surface area (Å²) in [7, 11) is 0. The van der Waals surface area contributed by atoms with Gasteiger partial charge in [-0.15, -0.1) is 0 Å². The van der Waals surface area contributed by atoms with E-state index in [0.29, 0.717) is 12.6 Å². The standard InChI is InChI=1S/C18H27NO2/c1-3-14-5-7-15(8-6-14)13-19-17-11-9-16(10-12-17)18(20)21-4-2/h5-8,16-17,19H,3-4,9-13H2,1-2H3. The van der Waals surface area contributed by atoms with Gasteiger partial charge in [0.1, 0.15) is 0 Å². The number of hydrogen-bond donors (Lipinski definition) is 1. The van der Waals surface area contributed by atoms with E-state index in [1.807, 2.05) is 6.92 Å². The summed E-state index contributed by atoms with van der Waals surface area (Å²) in [6.07, 6.45) is 5.12. The fourth-order valence-corrected chi connectivity index (χ4v) is 2.95. The molecule has 2 rings (SSSR count). The van der Waals surface area contributed by atoms with Crippen molar-refractivity contribution < 1.29 is 9.53 Å². The molecule has 1 aromatic rings. The summed E-state index contributed by atoms with van der Waals surface area (Å²) >= 11 is 0. The van der Waals surface area contributed by atoms with Crippen LogP contribution in [0.4, 0.5) is 0 Å². The van der Waals surface area contributed by atoms with Crippen molar-refractivity contribution >= 4 is 5.97 Å². The molecule has 1 aliphatic carbocycles. The number of ether oxygens (including phenoxy) is 1. The molecule has 1 aliphatic rings. The monoisotopic (exact) mass is 289 g/mol. The lowest BCUT2D eigenvalue weighted by atomic mass is 9.86. The molecule has 0 aromatic heterocycles. The highest BCUT2D eigenvalue weighted by atomic mass is 16.5. The number of hydrogen-bond acceptors (Lipinski definition) is 3. The quantitative estimate of drug-likeness (QED) is 0.815. The van der Waals surface area contributed by atoms with E-state index in [-0.39, 0.29) is 11.9 Å². The minimum absolute atomic E-state index is 0.00824. The fourth-order valence-electron chi connectivity index (χ4n) is 2.95. The predicted octanol–water partition coefficient (Wildman–Crippen LogP) is 3.46. The Hall–Kier alpha value is -1.35. The van der Waals surface area contributed by atoms with Crippen molar-refractivity contribution in [1.29, 1.82) is 0 Å². The maximum atomic E-state index is 11.7. The van der Waals surface area contributed by atoms with E-state index in [2.05, 4.69) is 36.5 Å². The summed E-state index contributed by atoms with van der Waals surface area (Å²) in [5.41, 5.74) is 2.72. The number of aryl methyl sites for hydroxylation is 1. The number of rotatable bonds is 6. The molecule has 0 heterocycles. The topological polar surface area (TPSA) is 38.3 Å². The Bertz CT molecular complexity index is 433. The van der Waals surface area contributed by atoms with E-state index < -0.39 is 0 Å². The molecule has 0 spiro atoms. The summed E-state index contributed by atoms with van der Waals surface area (Å²) in [6.45, 7) is 5.45. The largest absolute Gasteiger partial charge is 0.466 e. The Morgan fingerprint density at radius 2 is 1.71 bits per heavy atom. The third-order valence-electron chi connectivity index (χ3n) is 4.37. The van der Waals surface area contributed by atoms with Gasteiger partial charge < -0.3 is 10.1 Å². The van der Waals surface area contributed by atoms with Crippen molar-refractivity contribution in [2.45, 2.75) is 58.5 Å². The Balaban J connectivity index is 1.72. The molecule has 1 saturated carbocycles. The zero-order valence-corrected chi connectivity index (χ0v) is 13.2. The summed E-state index contributed by atoms with van der Waals surface area (Å²) in [4.78, 5) is 11.7. The molecule has 0 amide bonds. The Morgan fingerprint density at radius 3 is 2.29 bits per heavy atom. The molecular weight excluding hydrogens is 262 g/mol. The number of carbonyl (C=O) groups excluding carboxylic acids is 1. The van der Waals surface area contributed by atoms with Crippen LogP contribution in [0.25, 0.3) is 0 Å². The lowest BCUT2D eigenvalue weighted by Gasteiger charge is -2.28. The summed E-state index contributed by atoms with van der Waals surface area (Å²) in [6, 6.07) is 9.34. The van der Waals surface area contributed by atoms with Gasteiger partial charge in [-0.1, -0.05) is 31.2 Å². The molecule has 3 heteroatoms. The van der Waals surface area contributed by atoms with Crippen molar-refractivity contribution in [3.05, 3.63) is 35.4 Å². The van der Waals surface area contributed by atoms with Crippen LogP contribution in [-0.4, -0.2) is 18.6 Å². The van der Waals surface area contributed by atoms with E-state index in [1.54, 1.807) is 0 Å². The molecule has 1 aromatic carbocycles. The van der Waals surface area contributed by atoms with Crippen LogP contribution < -0.4 is 5.32 Å². The van der Waals surface area contributed by atoms with Crippen LogP contribution in [0, 0.1) is 5.92 Å². The number of carbonyl (C=O) groups is 1. The van der Waals surface area contributed by atoms with Crippen LogP contribution in [0.1, 0.15) is 50.7 Å². The first kappa shape index (κ1) is 16.0. The third kappa shape index (κ3) is 4.85. The summed E-state index contributed by atoms with van der Waals surface area (Å²) < 4.78 is 5.11. The van der Waals surface area contributed by atoms with Crippen molar-refractivity contribution in [1.82, 2.24) is 5.32 Å². The van der Waals surface area contributed by atoms with Gasteiger partial charge in [0, 0.05) is 12.6 Å². The van der Waals surface area contributed by atoms with Gasteiger partial charge in [0.15, 0.2) is 0 Å². The molecule has 21 heavy (non-hydrogen) atoms. The molecule has 116 valence electrons. The molecule has 0 bridgehead atoms. The number of esters is 1. The molecule has 3 nitrogen and oxygen atoms in total. The lowest BCUT2D eigenvalue weighted by Crippen LogP contribution is -2.35. The maximum Gasteiger partial charge on any atom is 0.308 e. The molecule has 1 fully saturated rings. The smallest absolute Gasteiger partial charge is 0.308 e. The van der Waals surface area contributed by atoms with Crippen molar-refractivity contribution in [3.8, 4) is 0 Å². The van der Waals surface area contributed by atoms with Crippen LogP contribution in [0.3, 0.4) is 0 Å². The van der Waals surface area contributed by atoms with Gasteiger partial charge in [-0.2, -0.15) is 0 Å². The summed E-state index contributed by atoms with van der Waals surface area (Å²) in [5, 5.41) is 3.61. The minimum Gasteiger partial charge on any atom is -0.466 e. The molecule has 0 radical (unpaired) electrons. The van der Waals surface area contributed by atoms with Crippen LogP contribution in [0.15, 0.2) is 24.3 Å². The predicted molar refractivity (Wildman–Crippen MR) is 85.0 cm³/mol. The molecule has 0 atom stereocenters. The Morgan fingerprint density at radius 1 is 1.10 bits per heavy atom. The normalized spacial score (nSPS) is 22.0.